The molecular formula is C19H23NO4S. The topological polar surface area (TPSA) is 65.4 Å². The van der Waals surface area contributed by atoms with Gasteiger partial charge in [0.2, 0.25) is 0 Å². The van der Waals surface area contributed by atoms with Gasteiger partial charge in [0.05, 0.1) is 17.3 Å². The molecular weight excluding hydrogens is 338 g/mol. The Balaban J connectivity index is 2.19. The van der Waals surface area contributed by atoms with E-state index in [0.29, 0.717) is 39.5 Å². The average Bonchev–Trinajstić information content (AvgIpc) is 3.43. The van der Waals surface area contributed by atoms with Gasteiger partial charge in [0, 0.05) is 34.5 Å². The minimum atomic E-state index is -3.46. The van der Waals surface area contributed by atoms with E-state index in [9.17, 15) is 13.2 Å². The summed E-state index contributed by atoms with van der Waals surface area (Å²) in [5.41, 5.74) is 0.826. The van der Waals surface area contributed by atoms with Gasteiger partial charge in [0.15, 0.2) is 9.84 Å². The van der Waals surface area contributed by atoms with Gasteiger partial charge in [-0.3, -0.25) is 4.79 Å². The van der Waals surface area contributed by atoms with Gasteiger partial charge in [-0.1, -0.05) is 6.92 Å². The maximum Gasteiger partial charge on any atom is 0.250 e. The molecule has 25 heavy (non-hydrogen) atoms. The van der Waals surface area contributed by atoms with Gasteiger partial charge in [0.1, 0.15) is 5.75 Å². The molecule has 0 amide bonds. The van der Waals surface area contributed by atoms with E-state index in [1.807, 2.05) is 0 Å². The second kappa shape index (κ2) is 6.67. The molecule has 0 aliphatic heterocycles. The molecule has 134 valence electrons. The number of rotatable bonds is 6. The number of pyridine rings is 1. The molecule has 0 saturated heterocycles. The standard InChI is InChI=1S/C19H23NO4S/c1-4-25(22,23)15-7-8-18(24-12-14-5-6-14)16(10-15)17-11-20(3)19(21)9-13(17)2/h7-11,14H,4-6,12H2,1-3H3/i3D3. The maximum atomic E-state index is 12.4. The monoisotopic (exact) mass is 364 g/mol. The van der Waals surface area contributed by atoms with E-state index in [4.69, 9.17) is 8.85 Å². The van der Waals surface area contributed by atoms with Crippen LogP contribution in [0.2, 0.25) is 0 Å². The highest BCUT2D eigenvalue weighted by molar-refractivity contribution is 7.91. The first-order valence-corrected chi connectivity index (χ1v) is 9.92. The lowest BCUT2D eigenvalue weighted by Gasteiger charge is -2.15. The molecule has 0 radical (unpaired) electrons. The highest BCUT2D eigenvalue weighted by Crippen LogP contribution is 2.36. The first-order valence-electron chi connectivity index (χ1n) is 9.76. The molecule has 1 aromatic carbocycles. The van der Waals surface area contributed by atoms with E-state index >= 15 is 0 Å². The number of hydrogen-bond donors (Lipinski definition) is 0. The lowest BCUT2D eigenvalue weighted by atomic mass is 10.0. The number of benzene rings is 1. The predicted octanol–water partition coefficient (Wildman–Crippen LogP) is 2.94. The number of nitrogens with zero attached hydrogens (tertiary/aromatic N) is 1. The Kier molecular flexibility index (Phi) is 3.77. The molecule has 1 aromatic heterocycles. The minimum Gasteiger partial charge on any atom is -0.493 e. The molecule has 1 heterocycles. The first-order chi connectivity index (χ1) is 13.0. The van der Waals surface area contributed by atoms with Crippen molar-refractivity contribution >= 4 is 9.84 Å². The highest BCUT2D eigenvalue weighted by atomic mass is 32.2. The van der Waals surface area contributed by atoms with Crippen LogP contribution in [0.25, 0.3) is 11.1 Å². The van der Waals surface area contributed by atoms with Crippen LogP contribution < -0.4 is 10.3 Å². The Morgan fingerprint density at radius 3 is 2.68 bits per heavy atom. The van der Waals surface area contributed by atoms with Crippen molar-refractivity contribution in [2.24, 2.45) is 12.9 Å². The van der Waals surface area contributed by atoms with Crippen LogP contribution in [-0.4, -0.2) is 25.3 Å². The molecule has 0 atom stereocenters. The Bertz CT molecular complexity index is 1050. The average molecular weight is 364 g/mol. The molecule has 5 nitrogen and oxygen atoms in total. The van der Waals surface area contributed by atoms with Gasteiger partial charge in [-0.15, -0.1) is 0 Å². The molecule has 0 N–H and O–H groups in total. The summed E-state index contributed by atoms with van der Waals surface area (Å²) in [5, 5.41) is 0. The zero-order chi connectivity index (χ0) is 20.7. The first kappa shape index (κ1) is 14.1. The van der Waals surface area contributed by atoms with Crippen molar-refractivity contribution in [2.45, 2.75) is 31.6 Å². The summed E-state index contributed by atoms with van der Waals surface area (Å²) in [7, 11) is -3.46. The van der Waals surface area contributed by atoms with Crippen molar-refractivity contribution in [1.29, 1.82) is 0 Å². The van der Waals surface area contributed by atoms with E-state index < -0.39 is 22.4 Å². The third kappa shape index (κ3) is 3.79. The van der Waals surface area contributed by atoms with Gasteiger partial charge in [-0.2, -0.15) is 0 Å². The van der Waals surface area contributed by atoms with Crippen molar-refractivity contribution in [1.82, 2.24) is 4.57 Å². The summed E-state index contributed by atoms with van der Waals surface area (Å²) in [5.74, 6) is 0.910. The zero-order valence-electron chi connectivity index (χ0n) is 17.3. The molecule has 1 aliphatic rings. The zero-order valence-corrected chi connectivity index (χ0v) is 15.1. The van der Waals surface area contributed by atoms with Crippen LogP contribution in [-0.2, 0) is 16.8 Å². The fourth-order valence-electron chi connectivity index (χ4n) is 2.61. The number of ether oxygens (including phenoxy) is 1. The van der Waals surface area contributed by atoms with Gasteiger partial charge in [-0.25, -0.2) is 8.42 Å². The number of sulfone groups is 1. The lowest BCUT2D eigenvalue weighted by molar-refractivity contribution is 0.301. The molecule has 1 fully saturated rings. The predicted molar refractivity (Wildman–Crippen MR) is 97.8 cm³/mol. The summed E-state index contributed by atoms with van der Waals surface area (Å²) in [6, 6.07) is 5.84. The highest BCUT2D eigenvalue weighted by Gasteiger charge is 2.23. The van der Waals surface area contributed by atoms with Crippen molar-refractivity contribution < 1.29 is 17.3 Å². The third-order valence-corrected chi connectivity index (χ3v) is 6.14. The van der Waals surface area contributed by atoms with Crippen LogP contribution in [0.4, 0.5) is 0 Å². The number of aryl methyl sites for hydroxylation is 2. The van der Waals surface area contributed by atoms with Crippen molar-refractivity contribution in [3.63, 3.8) is 0 Å². The van der Waals surface area contributed by atoms with Crippen LogP contribution in [0.5, 0.6) is 5.75 Å². The fourth-order valence-corrected chi connectivity index (χ4v) is 3.51. The van der Waals surface area contributed by atoms with Gasteiger partial charge in [-0.05, 0) is 49.4 Å². The van der Waals surface area contributed by atoms with E-state index in [1.165, 1.54) is 24.4 Å². The summed E-state index contributed by atoms with van der Waals surface area (Å²) in [6.45, 7) is 1.13. The van der Waals surface area contributed by atoms with Crippen LogP contribution in [0, 0.1) is 12.8 Å². The SMILES string of the molecule is [2H]C([2H])([2H])n1cc(-c2cc(S(=O)(=O)CC)ccc2OCC2CC2)c(C)cc1=O. The minimum absolute atomic E-state index is 0.0531. The Morgan fingerprint density at radius 2 is 2.04 bits per heavy atom. The largest absolute Gasteiger partial charge is 0.493 e. The van der Waals surface area contributed by atoms with E-state index in [0.717, 1.165) is 12.8 Å². The number of aromatic nitrogens is 1. The third-order valence-electron chi connectivity index (χ3n) is 4.41. The number of hydrogen-bond acceptors (Lipinski definition) is 4. The van der Waals surface area contributed by atoms with Gasteiger partial charge in [0.25, 0.3) is 5.56 Å². The molecule has 6 heteroatoms. The lowest BCUT2D eigenvalue weighted by Crippen LogP contribution is -2.16. The van der Waals surface area contributed by atoms with Crippen LogP contribution >= 0.6 is 0 Å². The van der Waals surface area contributed by atoms with E-state index in [2.05, 4.69) is 0 Å². The summed E-state index contributed by atoms with van der Waals surface area (Å²) >= 11 is 0. The summed E-state index contributed by atoms with van der Waals surface area (Å²) < 4.78 is 54.0. The molecule has 1 aliphatic carbocycles. The molecule has 1 saturated carbocycles. The molecule has 3 rings (SSSR count). The van der Waals surface area contributed by atoms with Crippen molar-refractivity contribution in [2.75, 3.05) is 12.4 Å². The van der Waals surface area contributed by atoms with Crippen LogP contribution in [0.15, 0.2) is 40.2 Å². The van der Waals surface area contributed by atoms with Gasteiger partial charge >= 0.3 is 0 Å². The quantitative estimate of drug-likeness (QED) is 0.790. The van der Waals surface area contributed by atoms with E-state index in [1.54, 1.807) is 19.9 Å². The molecule has 0 bridgehead atoms. The second-order valence-corrected chi connectivity index (χ2v) is 8.67. The van der Waals surface area contributed by atoms with Crippen molar-refractivity contribution in [3.05, 3.63) is 46.4 Å². The Labute approximate surface area is 152 Å². The van der Waals surface area contributed by atoms with Crippen LogP contribution in [0.1, 0.15) is 29.4 Å². The van der Waals surface area contributed by atoms with Gasteiger partial charge < -0.3 is 9.30 Å². The molecule has 0 spiro atoms. The van der Waals surface area contributed by atoms with E-state index in [-0.39, 0.29) is 10.6 Å². The Morgan fingerprint density at radius 1 is 1.28 bits per heavy atom. The fraction of sp³-hybridized carbons (Fsp3) is 0.421. The van der Waals surface area contributed by atoms with Crippen molar-refractivity contribution in [3.8, 4) is 16.9 Å². The normalized spacial score (nSPS) is 16.8. The summed E-state index contributed by atoms with van der Waals surface area (Å²) in [6.07, 6.45) is 3.45. The smallest absolute Gasteiger partial charge is 0.250 e. The summed E-state index contributed by atoms with van der Waals surface area (Å²) in [4.78, 5) is 12.3. The van der Waals surface area contributed by atoms with Crippen LogP contribution in [0.3, 0.4) is 0 Å². The molecule has 2 aromatic rings. The maximum absolute atomic E-state index is 12.4. The Hall–Kier alpha value is -2.08. The second-order valence-electron chi connectivity index (χ2n) is 6.39. The molecule has 0 unspecified atom stereocenters.